The molecule has 1 aromatic heterocycles. The van der Waals surface area contributed by atoms with Crippen molar-refractivity contribution >= 4 is 18.4 Å². The first-order chi connectivity index (χ1) is 14.1. The standard InChI is InChI=1S/C22H27BF3NO4/c1-19(2,22(24,25)26)18-13-17(29-27-18)12-16(28)11-14-7-9-15(10-8-14)23-30-20(3,4)21(5,6)31-23/h7-10,13H,11-12H2,1-6H3. The fraction of sp³-hybridized carbons (Fsp3) is 0.545. The van der Waals surface area contributed by atoms with Gasteiger partial charge < -0.3 is 13.8 Å². The molecule has 0 spiro atoms. The smallest absolute Gasteiger partial charge is 0.399 e. The fourth-order valence-corrected chi connectivity index (χ4v) is 3.09. The summed E-state index contributed by atoms with van der Waals surface area (Å²) in [6, 6.07) is 8.53. The predicted molar refractivity (Wildman–Crippen MR) is 110 cm³/mol. The normalized spacial score (nSPS) is 18.4. The lowest BCUT2D eigenvalue weighted by Crippen LogP contribution is -2.41. The summed E-state index contributed by atoms with van der Waals surface area (Å²) in [5.41, 5.74) is -1.65. The Labute approximate surface area is 180 Å². The second-order valence-corrected chi connectivity index (χ2v) is 9.52. The second kappa shape index (κ2) is 7.78. The van der Waals surface area contributed by atoms with E-state index in [9.17, 15) is 18.0 Å². The second-order valence-electron chi connectivity index (χ2n) is 9.52. The van der Waals surface area contributed by atoms with Crippen molar-refractivity contribution in [1.29, 1.82) is 0 Å². The Balaban J connectivity index is 1.61. The molecule has 0 bridgehead atoms. The van der Waals surface area contributed by atoms with Crippen LogP contribution in [0.2, 0.25) is 0 Å². The van der Waals surface area contributed by atoms with E-state index in [2.05, 4.69) is 5.16 Å². The van der Waals surface area contributed by atoms with Crippen LogP contribution in [0.15, 0.2) is 34.9 Å². The zero-order chi connectivity index (χ0) is 23.2. The third-order valence-corrected chi connectivity index (χ3v) is 6.19. The van der Waals surface area contributed by atoms with E-state index in [0.717, 1.165) is 24.9 Å². The van der Waals surface area contributed by atoms with Crippen LogP contribution >= 0.6 is 0 Å². The van der Waals surface area contributed by atoms with Gasteiger partial charge in [-0.1, -0.05) is 29.4 Å². The highest BCUT2D eigenvalue weighted by Gasteiger charge is 2.52. The van der Waals surface area contributed by atoms with Gasteiger partial charge in [0.2, 0.25) is 0 Å². The Morgan fingerprint density at radius 1 is 1.00 bits per heavy atom. The summed E-state index contributed by atoms with van der Waals surface area (Å²) in [5, 5.41) is 3.52. The first-order valence-corrected chi connectivity index (χ1v) is 10.1. The van der Waals surface area contributed by atoms with E-state index in [1.165, 1.54) is 6.07 Å². The van der Waals surface area contributed by atoms with Crippen molar-refractivity contribution in [3.63, 3.8) is 0 Å². The van der Waals surface area contributed by atoms with Gasteiger partial charge in [0.1, 0.15) is 17.0 Å². The van der Waals surface area contributed by atoms with Gasteiger partial charge in [0, 0.05) is 12.5 Å². The highest BCUT2D eigenvalue weighted by atomic mass is 19.4. The molecule has 9 heteroatoms. The zero-order valence-electron chi connectivity index (χ0n) is 18.6. The maximum atomic E-state index is 13.1. The molecule has 3 rings (SSSR count). The minimum atomic E-state index is -4.47. The molecule has 0 amide bonds. The molecule has 5 nitrogen and oxygen atoms in total. The third-order valence-electron chi connectivity index (χ3n) is 6.19. The van der Waals surface area contributed by atoms with Gasteiger partial charge in [0.05, 0.1) is 23.3 Å². The van der Waals surface area contributed by atoms with Gasteiger partial charge in [-0.2, -0.15) is 13.2 Å². The van der Waals surface area contributed by atoms with Crippen LogP contribution in [-0.2, 0) is 32.4 Å². The Hall–Kier alpha value is -2.13. The lowest BCUT2D eigenvalue weighted by atomic mass is 9.78. The van der Waals surface area contributed by atoms with Crippen LogP contribution in [0, 0.1) is 0 Å². The van der Waals surface area contributed by atoms with Gasteiger partial charge in [-0.25, -0.2) is 0 Å². The number of Topliss-reactive ketones (excluding diaryl/α,β-unsaturated/α-hetero) is 1. The number of nitrogens with zero attached hydrogens (tertiary/aromatic N) is 1. The quantitative estimate of drug-likeness (QED) is 0.635. The van der Waals surface area contributed by atoms with E-state index in [1.54, 1.807) is 0 Å². The number of benzene rings is 1. The van der Waals surface area contributed by atoms with Crippen LogP contribution in [0.3, 0.4) is 0 Å². The number of aromatic nitrogens is 1. The van der Waals surface area contributed by atoms with Crippen LogP contribution in [0.1, 0.15) is 58.6 Å². The number of ketones is 1. The molecule has 1 aromatic carbocycles. The van der Waals surface area contributed by atoms with Crippen molar-refractivity contribution in [2.24, 2.45) is 0 Å². The van der Waals surface area contributed by atoms with Crippen LogP contribution in [0.4, 0.5) is 13.2 Å². The number of hydrogen-bond donors (Lipinski definition) is 0. The molecule has 1 aliphatic rings. The van der Waals surface area contributed by atoms with E-state index >= 15 is 0 Å². The molecule has 0 N–H and O–H groups in total. The molecule has 2 heterocycles. The summed E-state index contributed by atoms with van der Waals surface area (Å²) >= 11 is 0. The van der Waals surface area contributed by atoms with E-state index in [4.69, 9.17) is 13.8 Å². The highest BCUT2D eigenvalue weighted by Crippen LogP contribution is 2.40. The van der Waals surface area contributed by atoms with Gasteiger partial charge in [-0.15, -0.1) is 0 Å². The Bertz CT molecular complexity index is 932. The maximum absolute atomic E-state index is 13.1. The van der Waals surface area contributed by atoms with Crippen molar-refractivity contribution in [1.82, 2.24) is 5.16 Å². The molecule has 0 atom stereocenters. The van der Waals surface area contributed by atoms with Crippen molar-refractivity contribution in [2.75, 3.05) is 0 Å². The van der Waals surface area contributed by atoms with E-state index < -0.39 is 29.9 Å². The molecule has 0 radical (unpaired) electrons. The lowest BCUT2D eigenvalue weighted by molar-refractivity contribution is -0.181. The molecule has 2 aromatic rings. The molecule has 1 aliphatic heterocycles. The van der Waals surface area contributed by atoms with Crippen molar-refractivity contribution in [2.45, 2.75) is 77.2 Å². The Morgan fingerprint density at radius 2 is 1.55 bits per heavy atom. The summed E-state index contributed by atoms with van der Waals surface area (Å²) in [5.74, 6) is -0.0675. The summed E-state index contributed by atoms with van der Waals surface area (Å²) in [4.78, 5) is 12.4. The molecular formula is C22H27BF3NO4. The monoisotopic (exact) mass is 437 g/mol. The third kappa shape index (κ3) is 4.72. The SMILES string of the molecule is CC1(C)OB(c2ccc(CC(=O)Cc3cc(C(C)(C)C(F)(F)F)no3)cc2)OC1(C)C. The van der Waals surface area contributed by atoms with Gasteiger partial charge in [-0.3, -0.25) is 4.79 Å². The summed E-state index contributed by atoms with van der Waals surface area (Å²) in [6.07, 6.45) is -4.47. The van der Waals surface area contributed by atoms with Gasteiger partial charge in [0.15, 0.2) is 0 Å². The molecule has 0 aliphatic carbocycles. The van der Waals surface area contributed by atoms with Crippen LogP contribution in [-0.4, -0.2) is 35.4 Å². The van der Waals surface area contributed by atoms with E-state index in [1.807, 2.05) is 52.0 Å². The number of carbonyl (C=O) groups is 1. The minimum absolute atomic E-state index is 0.117. The molecular weight excluding hydrogens is 410 g/mol. The Morgan fingerprint density at radius 3 is 2.06 bits per heavy atom. The average molecular weight is 437 g/mol. The van der Waals surface area contributed by atoms with Crippen molar-refractivity contribution < 1.29 is 31.8 Å². The van der Waals surface area contributed by atoms with E-state index in [-0.39, 0.29) is 30.1 Å². The number of rotatable bonds is 6. The largest absolute Gasteiger partial charge is 0.494 e. The van der Waals surface area contributed by atoms with Gasteiger partial charge in [-0.05, 0) is 52.6 Å². The molecule has 168 valence electrons. The predicted octanol–water partition coefficient (Wildman–Crippen LogP) is 4.17. The highest BCUT2D eigenvalue weighted by molar-refractivity contribution is 6.62. The molecule has 31 heavy (non-hydrogen) atoms. The molecule has 0 saturated carbocycles. The van der Waals surface area contributed by atoms with Crippen LogP contribution in [0.5, 0.6) is 0 Å². The molecule has 0 unspecified atom stereocenters. The first kappa shape index (κ1) is 23.5. The number of halogens is 3. The van der Waals surface area contributed by atoms with Crippen LogP contribution in [0.25, 0.3) is 0 Å². The van der Waals surface area contributed by atoms with Crippen molar-refractivity contribution in [3.8, 4) is 0 Å². The summed E-state index contributed by atoms with van der Waals surface area (Å²) in [6.45, 7) is 9.96. The maximum Gasteiger partial charge on any atom is 0.494 e. The fourth-order valence-electron chi connectivity index (χ4n) is 3.09. The molecule has 1 fully saturated rings. The number of alkyl halides is 3. The van der Waals surface area contributed by atoms with Crippen LogP contribution < -0.4 is 5.46 Å². The summed E-state index contributed by atoms with van der Waals surface area (Å²) < 4.78 is 56.4. The Kier molecular flexibility index (Phi) is 5.91. The first-order valence-electron chi connectivity index (χ1n) is 10.1. The topological polar surface area (TPSA) is 61.6 Å². The number of carbonyl (C=O) groups excluding carboxylic acids is 1. The average Bonchev–Trinajstić information content (AvgIpc) is 3.17. The zero-order valence-corrected chi connectivity index (χ0v) is 18.6. The van der Waals surface area contributed by atoms with Crippen molar-refractivity contribution in [3.05, 3.63) is 47.3 Å². The minimum Gasteiger partial charge on any atom is -0.399 e. The number of hydrogen-bond acceptors (Lipinski definition) is 5. The lowest BCUT2D eigenvalue weighted by Gasteiger charge is -2.32. The van der Waals surface area contributed by atoms with Gasteiger partial charge >= 0.3 is 13.3 Å². The van der Waals surface area contributed by atoms with E-state index in [0.29, 0.717) is 0 Å². The summed E-state index contributed by atoms with van der Waals surface area (Å²) in [7, 11) is -0.487. The molecule has 1 saturated heterocycles. The van der Waals surface area contributed by atoms with Gasteiger partial charge in [0.25, 0.3) is 0 Å².